The van der Waals surface area contributed by atoms with Gasteiger partial charge in [0.15, 0.2) is 5.76 Å². The van der Waals surface area contributed by atoms with Gasteiger partial charge in [0, 0.05) is 28.3 Å². The van der Waals surface area contributed by atoms with Crippen LogP contribution < -0.4 is 10.7 Å². The fraction of sp³-hybridized carbons (Fsp3) is 0.190. The van der Waals surface area contributed by atoms with E-state index in [4.69, 9.17) is 16.0 Å². The Balaban J connectivity index is 1.57. The highest BCUT2D eigenvalue weighted by Gasteiger charge is 2.28. The molecule has 1 aliphatic carbocycles. The number of aryl methyl sites for hydroxylation is 1. The zero-order chi connectivity index (χ0) is 20.4. The van der Waals surface area contributed by atoms with E-state index in [0.29, 0.717) is 22.0 Å². The van der Waals surface area contributed by atoms with Crippen molar-refractivity contribution in [3.8, 4) is 0 Å². The van der Waals surface area contributed by atoms with Crippen molar-refractivity contribution >= 4 is 46.2 Å². The minimum atomic E-state index is -0.332. The number of hydrogen-bond donors (Lipinski definition) is 2. The largest absolute Gasteiger partial charge is 0.455 e. The summed E-state index contributed by atoms with van der Waals surface area (Å²) in [6.07, 6.45) is 2.27. The highest BCUT2D eigenvalue weighted by atomic mass is 35.5. The summed E-state index contributed by atoms with van der Waals surface area (Å²) < 4.78 is 5.87. The predicted molar refractivity (Wildman–Crippen MR) is 114 cm³/mol. The second-order valence-corrected chi connectivity index (χ2v) is 8.03. The number of benzene rings is 1. The first-order valence-corrected chi connectivity index (χ1v) is 10.4. The molecule has 29 heavy (non-hydrogen) atoms. The molecular formula is C21H18ClN3O3S. The standard InChI is InChI=1S/C21H18ClN3O3S/c1-12-18-15(24-25-20(26)17-6-3-11-29-17)4-2-5-16(18)28-19(12)21(27)23-14-9-7-13(22)8-10-14/h3,6-11H,2,4-5H2,1H3,(H,23,27)(H,25,26)/b24-15+. The molecule has 0 spiro atoms. The molecule has 6 nitrogen and oxygen atoms in total. The van der Waals surface area contributed by atoms with Gasteiger partial charge in [-0.1, -0.05) is 17.7 Å². The second kappa shape index (κ2) is 8.23. The van der Waals surface area contributed by atoms with Crippen LogP contribution in [-0.2, 0) is 6.42 Å². The number of hydrazone groups is 1. The van der Waals surface area contributed by atoms with E-state index in [2.05, 4.69) is 15.8 Å². The Labute approximate surface area is 176 Å². The lowest BCUT2D eigenvalue weighted by Crippen LogP contribution is -2.21. The van der Waals surface area contributed by atoms with Crippen LogP contribution >= 0.6 is 22.9 Å². The molecule has 0 radical (unpaired) electrons. The van der Waals surface area contributed by atoms with E-state index < -0.39 is 0 Å². The maximum Gasteiger partial charge on any atom is 0.291 e. The van der Waals surface area contributed by atoms with Gasteiger partial charge in [-0.2, -0.15) is 5.10 Å². The Kier molecular flexibility index (Phi) is 5.51. The van der Waals surface area contributed by atoms with Crippen LogP contribution in [0.4, 0.5) is 5.69 Å². The molecule has 0 bridgehead atoms. The lowest BCUT2D eigenvalue weighted by atomic mass is 9.93. The summed E-state index contributed by atoms with van der Waals surface area (Å²) in [6.45, 7) is 1.83. The molecule has 3 aromatic rings. The SMILES string of the molecule is Cc1c(C(=O)Nc2ccc(Cl)cc2)oc2c1/C(=N/NC(=O)c1cccs1)CCC2. The lowest BCUT2D eigenvalue weighted by Gasteiger charge is -2.13. The van der Waals surface area contributed by atoms with E-state index >= 15 is 0 Å². The van der Waals surface area contributed by atoms with Crippen LogP contribution in [0.3, 0.4) is 0 Å². The molecule has 8 heteroatoms. The van der Waals surface area contributed by atoms with Crippen LogP contribution in [0.15, 0.2) is 51.3 Å². The topological polar surface area (TPSA) is 83.7 Å². The van der Waals surface area contributed by atoms with E-state index in [1.165, 1.54) is 11.3 Å². The van der Waals surface area contributed by atoms with Crippen LogP contribution in [0.1, 0.15) is 50.0 Å². The molecular weight excluding hydrogens is 410 g/mol. The van der Waals surface area contributed by atoms with Crippen molar-refractivity contribution in [3.05, 3.63) is 74.3 Å². The first-order valence-electron chi connectivity index (χ1n) is 9.13. The lowest BCUT2D eigenvalue weighted by molar-refractivity contribution is 0.0957. The number of anilines is 1. The third kappa shape index (κ3) is 4.11. The van der Waals surface area contributed by atoms with Gasteiger partial charge in [0.05, 0.1) is 10.6 Å². The summed E-state index contributed by atoms with van der Waals surface area (Å²) in [4.78, 5) is 25.5. The van der Waals surface area contributed by atoms with Crippen molar-refractivity contribution in [1.29, 1.82) is 0 Å². The Morgan fingerprint density at radius 2 is 1.93 bits per heavy atom. The Bertz CT molecular complexity index is 1090. The van der Waals surface area contributed by atoms with Crippen LogP contribution in [0.2, 0.25) is 5.02 Å². The summed E-state index contributed by atoms with van der Waals surface area (Å²) in [7, 11) is 0. The molecule has 4 rings (SSSR count). The van der Waals surface area contributed by atoms with Crippen LogP contribution in [-0.4, -0.2) is 17.5 Å². The van der Waals surface area contributed by atoms with Gasteiger partial charge < -0.3 is 9.73 Å². The molecule has 148 valence electrons. The van der Waals surface area contributed by atoms with E-state index in [-0.39, 0.29) is 17.6 Å². The van der Waals surface area contributed by atoms with Gasteiger partial charge in [0.2, 0.25) is 0 Å². The van der Waals surface area contributed by atoms with Crippen LogP contribution in [0.25, 0.3) is 0 Å². The molecule has 2 aromatic heterocycles. The number of nitrogens with one attached hydrogen (secondary N) is 2. The number of amides is 2. The highest BCUT2D eigenvalue weighted by Crippen LogP contribution is 2.30. The molecule has 1 aromatic carbocycles. The van der Waals surface area contributed by atoms with Crippen molar-refractivity contribution in [2.45, 2.75) is 26.2 Å². The number of nitrogens with zero attached hydrogens (tertiary/aromatic N) is 1. The molecule has 1 aliphatic rings. The first kappa shape index (κ1) is 19.4. The summed E-state index contributed by atoms with van der Waals surface area (Å²) >= 11 is 7.24. The quantitative estimate of drug-likeness (QED) is 0.573. The Morgan fingerprint density at radius 3 is 2.66 bits per heavy atom. The number of fused-ring (bicyclic) bond motifs is 1. The molecule has 2 N–H and O–H groups in total. The zero-order valence-corrected chi connectivity index (χ0v) is 17.2. The molecule has 2 amide bonds. The van der Waals surface area contributed by atoms with Gasteiger partial charge >= 0.3 is 0 Å². The Morgan fingerprint density at radius 1 is 1.14 bits per heavy atom. The number of hydrogen-bond acceptors (Lipinski definition) is 5. The second-order valence-electron chi connectivity index (χ2n) is 6.65. The monoisotopic (exact) mass is 427 g/mol. The number of rotatable bonds is 4. The summed E-state index contributed by atoms with van der Waals surface area (Å²) in [5, 5.41) is 9.58. The average molecular weight is 428 g/mol. The third-order valence-corrected chi connectivity index (χ3v) is 5.79. The van der Waals surface area contributed by atoms with Gasteiger partial charge in [-0.05, 0) is 55.5 Å². The van der Waals surface area contributed by atoms with Crippen molar-refractivity contribution in [2.75, 3.05) is 5.32 Å². The van der Waals surface area contributed by atoms with Gasteiger partial charge in [-0.15, -0.1) is 11.3 Å². The molecule has 2 heterocycles. The van der Waals surface area contributed by atoms with Gasteiger partial charge in [0.25, 0.3) is 11.8 Å². The van der Waals surface area contributed by atoms with Gasteiger partial charge in [-0.3, -0.25) is 9.59 Å². The number of thiophene rings is 1. The number of furan rings is 1. The first-order chi connectivity index (χ1) is 14.0. The van der Waals surface area contributed by atoms with E-state index in [0.717, 1.165) is 35.4 Å². The number of halogens is 1. The summed E-state index contributed by atoms with van der Waals surface area (Å²) in [5.74, 6) is 0.394. The predicted octanol–water partition coefficient (Wildman–Crippen LogP) is 5.03. The van der Waals surface area contributed by atoms with Crippen LogP contribution in [0.5, 0.6) is 0 Å². The van der Waals surface area contributed by atoms with Crippen molar-refractivity contribution in [1.82, 2.24) is 5.43 Å². The van der Waals surface area contributed by atoms with E-state index in [9.17, 15) is 9.59 Å². The molecule has 0 atom stereocenters. The highest BCUT2D eigenvalue weighted by molar-refractivity contribution is 7.12. The Hall–Kier alpha value is -2.90. The molecule has 0 fully saturated rings. The van der Waals surface area contributed by atoms with Crippen LogP contribution in [0, 0.1) is 6.92 Å². The van der Waals surface area contributed by atoms with Crippen molar-refractivity contribution in [2.24, 2.45) is 5.10 Å². The number of carbonyl (C=O) groups excluding carboxylic acids is 2. The average Bonchev–Trinajstić information content (AvgIpc) is 3.37. The fourth-order valence-corrected chi connectivity index (χ4v) is 4.04. The minimum absolute atomic E-state index is 0.249. The molecule has 0 saturated carbocycles. The fourth-order valence-electron chi connectivity index (χ4n) is 3.30. The normalized spacial score (nSPS) is 14.5. The zero-order valence-electron chi connectivity index (χ0n) is 15.6. The van der Waals surface area contributed by atoms with Crippen molar-refractivity contribution in [3.63, 3.8) is 0 Å². The number of carbonyl (C=O) groups is 2. The summed E-state index contributed by atoms with van der Waals surface area (Å²) in [6, 6.07) is 10.4. The van der Waals surface area contributed by atoms with Crippen molar-refractivity contribution < 1.29 is 14.0 Å². The van der Waals surface area contributed by atoms with E-state index in [1.54, 1.807) is 30.3 Å². The molecule has 0 aliphatic heterocycles. The maximum absolute atomic E-state index is 12.7. The molecule has 0 unspecified atom stereocenters. The van der Waals surface area contributed by atoms with Gasteiger partial charge in [0.1, 0.15) is 5.76 Å². The third-order valence-electron chi connectivity index (χ3n) is 4.67. The molecule has 0 saturated heterocycles. The minimum Gasteiger partial charge on any atom is -0.455 e. The summed E-state index contributed by atoms with van der Waals surface area (Å²) in [5.41, 5.74) is 5.49. The van der Waals surface area contributed by atoms with E-state index in [1.807, 2.05) is 18.4 Å². The van der Waals surface area contributed by atoms with Gasteiger partial charge in [-0.25, -0.2) is 5.43 Å². The maximum atomic E-state index is 12.7. The smallest absolute Gasteiger partial charge is 0.291 e.